The van der Waals surface area contributed by atoms with Gasteiger partial charge in [0.25, 0.3) is 0 Å². The lowest BCUT2D eigenvalue weighted by atomic mass is 10.3. The molecule has 0 unspecified atom stereocenters. The fourth-order valence-corrected chi connectivity index (χ4v) is 2.53. The normalized spacial score (nSPS) is 10.4. The minimum atomic E-state index is 0.0333. The van der Waals surface area contributed by atoms with Crippen molar-refractivity contribution in [3.05, 3.63) is 40.0 Å². The number of aromatic amines is 2. The molecule has 0 spiro atoms. The van der Waals surface area contributed by atoms with E-state index in [2.05, 4.69) is 34.1 Å². The van der Waals surface area contributed by atoms with Gasteiger partial charge < -0.3 is 9.97 Å². The second-order valence-corrected chi connectivity index (χ2v) is 5.26. The number of imidazole rings is 2. The molecule has 3 aromatic rings. The zero-order valence-corrected chi connectivity index (χ0v) is 12.1. The molecule has 3 heterocycles. The predicted octanol–water partition coefficient (Wildman–Crippen LogP) is 2.43. The Kier molecular flexibility index (Phi) is 4.69. The summed E-state index contributed by atoms with van der Waals surface area (Å²) in [5.41, 5.74) is 0.0333. The number of aryl methyl sites for hydroxylation is 1. The van der Waals surface area contributed by atoms with Gasteiger partial charge in [0.2, 0.25) is 4.96 Å². The molecule has 0 bridgehead atoms. The SMILES string of the molecule is CCCCn1sc2nccn2c1=O.S=c1[nH]cc[nH]1. The summed E-state index contributed by atoms with van der Waals surface area (Å²) in [6.07, 6.45) is 9.01. The van der Waals surface area contributed by atoms with Crippen molar-refractivity contribution in [2.75, 3.05) is 0 Å². The standard InChI is InChI=1S/C8H11N3OS.C3H4N2S/c1-2-3-5-11-8(12)10-6-4-9-7(10)13-11;6-3-4-1-2-5-3/h4,6H,2-3,5H2,1H3;1-2H,(H2,4,5,6). The Morgan fingerprint density at radius 3 is 2.68 bits per heavy atom. The van der Waals surface area contributed by atoms with Crippen LogP contribution >= 0.6 is 23.8 Å². The average molecular weight is 297 g/mol. The number of rotatable bonds is 3. The van der Waals surface area contributed by atoms with E-state index < -0.39 is 0 Å². The van der Waals surface area contributed by atoms with Gasteiger partial charge in [-0.15, -0.1) is 0 Å². The maximum atomic E-state index is 11.6. The highest BCUT2D eigenvalue weighted by atomic mass is 32.1. The minimum Gasteiger partial charge on any atom is -0.338 e. The molecule has 0 aliphatic rings. The first-order chi connectivity index (χ1) is 9.22. The fraction of sp³-hybridized carbons (Fsp3) is 0.364. The third-order valence-electron chi connectivity index (χ3n) is 2.45. The molecule has 0 aliphatic carbocycles. The molecule has 0 saturated carbocycles. The molecule has 6 nitrogen and oxygen atoms in total. The van der Waals surface area contributed by atoms with Gasteiger partial charge in [-0.2, -0.15) is 0 Å². The van der Waals surface area contributed by atoms with Gasteiger partial charge in [0, 0.05) is 31.3 Å². The fourth-order valence-electron chi connectivity index (χ4n) is 1.48. The third kappa shape index (κ3) is 3.42. The van der Waals surface area contributed by atoms with Gasteiger partial charge in [-0.3, -0.25) is 0 Å². The Bertz CT molecular complexity index is 715. The highest BCUT2D eigenvalue weighted by Crippen LogP contribution is 2.05. The summed E-state index contributed by atoms with van der Waals surface area (Å²) in [6, 6.07) is 0. The second-order valence-electron chi connectivity index (χ2n) is 3.86. The van der Waals surface area contributed by atoms with E-state index in [1.807, 2.05) is 0 Å². The van der Waals surface area contributed by atoms with Crippen LogP contribution in [0.1, 0.15) is 19.8 Å². The summed E-state index contributed by atoms with van der Waals surface area (Å²) < 4.78 is 4.02. The Morgan fingerprint density at radius 2 is 2.16 bits per heavy atom. The van der Waals surface area contributed by atoms with Gasteiger partial charge in [0.15, 0.2) is 4.77 Å². The predicted molar refractivity (Wildman–Crippen MR) is 78.2 cm³/mol. The topological polar surface area (TPSA) is 70.9 Å². The molecule has 0 saturated heterocycles. The van der Waals surface area contributed by atoms with Crippen molar-refractivity contribution < 1.29 is 0 Å². The van der Waals surface area contributed by atoms with Crippen LogP contribution in [0.2, 0.25) is 0 Å². The summed E-state index contributed by atoms with van der Waals surface area (Å²) in [5.74, 6) is 0. The van der Waals surface area contributed by atoms with Crippen molar-refractivity contribution in [1.29, 1.82) is 0 Å². The molecule has 0 amide bonds. The third-order valence-corrected chi connectivity index (χ3v) is 3.71. The maximum Gasteiger partial charge on any atom is 0.343 e. The van der Waals surface area contributed by atoms with Gasteiger partial charge >= 0.3 is 5.69 Å². The van der Waals surface area contributed by atoms with Crippen LogP contribution < -0.4 is 5.69 Å². The molecule has 0 radical (unpaired) electrons. The van der Waals surface area contributed by atoms with E-state index in [0.29, 0.717) is 4.77 Å². The van der Waals surface area contributed by atoms with E-state index in [-0.39, 0.29) is 5.69 Å². The van der Waals surface area contributed by atoms with Crippen LogP contribution in [0.4, 0.5) is 0 Å². The van der Waals surface area contributed by atoms with Crippen molar-refractivity contribution in [3.8, 4) is 0 Å². The summed E-state index contributed by atoms with van der Waals surface area (Å²) >= 11 is 6.06. The van der Waals surface area contributed by atoms with Gasteiger partial charge in [0.05, 0.1) is 0 Å². The van der Waals surface area contributed by atoms with Crippen LogP contribution in [-0.2, 0) is 6.54 Å². The zero-order chi connectivity index (χ0) is 13.7. The van der Waals surface area contributed by atoms with E-state index in [1.54, 1.807) is 33.1 Å². The van der Waals surface area contributed by atoms with Gasteiger partial charge in [-0.25, -0.2) is 18.1 Å². The van der Waals surface area contributed by atoms with Crippen LogP contribution in [0.15, 0.2) is 29.6 Å². The second kappa shape index (κ2) is 6.48. The summed E-state index contributed by atoms with van der Waals surface area (Å²) in [4.78, 5) is 22.0. The first kappa shape index (κ1) is 13.8. The van der Waals surface area contributed by atoms with Crippen LogP contribution in [0.5, 0.6) is 0 Å². The monoisotopic (exact) mass is 297 g/mol. The van der Waals surface area contributed by atoms with Crippen molar-refractivity contribution >= 4 is 28.7 Å². The zero-order valence-electron chi connectivity index (χ0n) is 10.5. The lowest BCUT2D eigenvalue weighted by molar-refractivity contribution is 0.644. The van der Waals surface area contributed by atoms with Gasteiger partial charge in [-0.05, 0) is 30.2 Å². The number of aromatic nitrogens is 5. The number of nitrogens with one attached hydrogen (secondary N) is 2. The Balaban J connectivity index is 0.000000186. The molecular formula is C11H15N5OS2. The molecule has 19 heavy (non-hydrogen) atoms. The Labute approximate surface area is 118 Å². The van der Waals surface area contributed by atoms with E-state index in [0.717, 1.165) is 24.3 Å². The number of unbranched alkanes of at least 4 members (excludes halogenated alkanes) is 1. The molecule has 2 N–H and O–H groups in total. The summed E-state index contributed by atoms with van der Waals surface area (Å²) in [7, 11) is 0. The number of nitrogens with zero attached hydrogens (tertiary/aromatic N) is 3. The number of H-pyrrole nitrogens is 2. The van der Waals surface area contributed by atoms with E-state index in [1.165, 1.54) is 11.5 Å². The average Bonchev–Trinajstić information content (AvgIpc) is 3.09. The van der Waals surface area contributed by atoms with Crippen molar-refractivity contribution in [2.45, 2.75) is 26.3 Å². The van der Waals surface area contributed by atoms with Crippen molar-refractivity contribution in [2.24, 2.45) is 0 Å². The highest BCUT2D eigenvalue weighted by molar-refractivity contribution is 7.71. The smallest absolute Gasteiger partial charge is 0.338 e. The first-order valence-electron chi connectivity index (χ1n) is 5.97. The molecule has 3 rings (SSSR count). The van der Waals surface area contributed by atoms with Gasteiger partial charge in [0.1, 0.15) is 0 Å². The van der Waals surface area contributed by atoms with Crippen LogP contribution in [0.25, 0.3) is 4.96 Å². The molecule has 0 aliphatic heterocycles. The first-order valence-corrected chi connectivity index (χ1v) is 7.15. The van der Waals surface area contributed by atoms with Crippen LogP contribution in [-0.4, -0.2) is 23.3 Å². The molecule has 8 heteroatoms. The lowest BCUT2D eigenvalue weighted by Crippen LogP contribution is -2.18. The Morgan fingerprint density at radius 1 is 1.42 bits per heavy atom. The largest absolute Gasteiger partial charge is 0.343 e. The minimum absolute atomic E-state index is 0.0333. The van der Waals surface area contributed by atoms with Crippen LogP contribution in [0.3, 0.4) is 0 Å². The number of hydrogen-bond acceptors (Lipinski definition) is 4. The van der Waals surface area contributed by atoms with E-state index in [9.17, 15) is 4.79 Å². The number of fused-ring (bicyclic) bond motifs is 1. The quantitative estimate of drug-likeness (QED) is 0.729. The van der Waals surface area contributed by atoms with Gasteiger partial charge in [-0.1, -0.05) is 13.3 Å². The van der Waals surface area contributed by atoms with Crippen LogP contribution in [0, 0.1) is 4.77 Å². The number of hydrogen-bond donors (Lipinski definition) is 2. The molecule has 0 aromatic carbocycles. The Hall–Kier alpha value is -1.67. The highest BCUT2D eigenvalue weighted by Gasteiger charge is 2.05. The van der Waals surface area contributed by atoms with E-state index in [4.69, 9.17) is 0 Å². The lowest BCUT2D eigenvalue weighted by Gasteiger charge is -1.94. The molecule has 0 fully saturated rings. The molecular weight excluding hydrogens is 282 g/mol. The van der Waals surface area contributed by atoms with Crippen molar-refractivity contribution in [3.63, 3.8) is 0 Å². The molecule has 3 aromatic heterocycles. The van der Waals surface area contributed by atoms with Crippen molar-refractivity contribution in [1.82, 2.24) is 23.3 Å². The summed E-state index contributed by atoms with van der Waals surface area (Å²) in [6.45, 7) is 2.92. The maximum absolute atomic E-state index is 11.6. The summed E-state index contributed by atoms with van der Waals surface area (Å²) in [5, 5.41) is 0. The molecule has 102 valence electrons. The molecule has 0 atom stereocenters. The van der Waals surface area contributed by atoms with E-state index >= 15 is 0 Å².